The number of fused-ring (bicyclic) bond motifs is 1. The molecule has 1 aliphatic carbocycles. The minimum Gasteiger partial charge on any atom is -0.550 e. The van der Waals surface area contributed by atoms with Gasteiger partial charge in [0, 0.05) is 33.7 Å². The summed E-state index contributed by atoms with van der Waals surface area (Å²) in [5.41, 5.74) is -0.446. The summed E-state index contributed by atoms with van der Waals surface area (Å²) < 4.78 is 9.95. The predicted molar refractivity (Wildman–Crippen MR) is 144 cm³/mol. The number of aliphatic carboxylic acids is 1. The molecule has 0 unspecified atom stereocenters. The van der Waals surface area contributed by atoms with Crippen molar-refractivity contribution in [2.24, 2.45) is 11.8 Å². The van der Waals surface area contributed by atoms with Gasteiger partial charge in [-0.3, -0.25) is 14.4 Å². The third-order valence-corrected chi connectivity index (χ3v) is 8.41. The van der Waals surface area contributed by atoms with Gasteiger partial charge in [-0.25, -0.2) is 0 Å². The van der Waals surface area contributed by atoms with Crippen molar-refractivity contribution >= 4 is 63.9 Å². The van der Waals surface area contributed by atoms with E-state index in [0.29, 0.717) is 11.4 Å². The second-order valence-electron chi connectivity index (χ2n) is 9.33. The van der Waals surface area contributed by atoms with E-state index in [2.05, 4.69) is 14.9 Å². The zero-order chi connectivity index (χ0) is 28.2. The van der Waals surface area contributed by atoms with Crippen molar-refractivity contribution in [2.75, 3.05) is 5.32 Å². The number of benzene rings is 3. The second kappa shape index (κ2) is 11.4. The van der Waals surface area contributed by atoms with Crippen LogP contribution in [0.4, 0.5) is 5.69 Å². The van der Waals surface area contributed by atoms with E-state index in [1.165, 1.54) is 41.9 Å². The summed E-state index contributed by atoms with van der Waals surface area (Å²) in [6.45, 7) is 0. The third kappa shape index (κ3) is 4.83. The average Bonchev–Trinajstić information content (AvgIpc) is 3.66. The fraction of sp³-hybridized carbons (Fsp3) is 0.143. The Bertz CT molecular complexity index is 1660. The summed E-state index contributed by atoms with van der Waals surface area (Å²) in [5, 5.41) is 21.5. The molecule has 6 rings (SSSR count). The maximum absolute atomic E-state index is 13.8. The number of halogens is 2. The first-order valence-corrected chi connectivity index (χ1v) is 13.5. The number of rotatable bonds is 5. The zero-order valence-corrected chi connectivity index (χ0v) is 25.5. The van der Waals surface area contributed by atoms with E-state index in [9.17, 15) is 24.3 Å². The first kappa shape index (κ1) is 29.5. The van der Waals surface area contributed by atoms with Gasteiger partial charge in [0.15, 0.2) is 0 Å². The van der Waals surface area contributed by atoms with E-state index in [4.69, 9.17) is 27.9 Å². The molecule has 41 heavy (non-hydrogen) atoms. The van der Waals surface area contributed by atoms with Crippen LogP contribution in [0, 0.1) is 11.8 Å². The summed E-state index contributed by atoms with van der Waals surface area (Å²) in [6.07, 6.45) is -1.35. The van der Waals surface area contributed by atoms with Crippen LogP contribution in [0.25, 0.3) is 11.3 Å². The standard InChI is InChI=1S/C28H17Cl2N3O6S.Na/c29-18-10-7-14(11-19(18)30)23-21(26(36)31-15-8-5-13(6-9-15)20-12-40-33-32-20)22(27(37)38)28(39-23)24(34)16-3-1-2-4-17(16)25(28)35;/h1-12,21-23H,(H,31,36)(H,37,38);/q;+1/p-1/t21-,22-,23-;/m0./s1. The Morgan fingerprint density at radius 1 is 0.951 bits per heavy atom. The Morgan fingerprint density at radius 3 is 2.17 bits per heavy atom. The van der Waals surface area contributed by atoms with E-state index < -0.39 is 47.0 Å². The molecular formula is C28H16Cl2N3NaO6S. The van der Waals surface area contributed by atoms with Crippen molar-refractivity contribution in [3.63, 3.8) is 0 Å². The summed E-state index contributed by atoms with van der Waals surface area (Å²) in [7, 11) is 0. The number of ether oxygens (including phenoxy) is 1. The van der Waals surface area contributed by atoms with Gasteiger partial charge in [0.1, 0.15) is 5.69 Å². The fourth-order valence-corrected chi connectivity index (χ4v) is 6.12. The largest absolute Gasteiger partial charge is 1.00 e. The number of hydrogen-bond donors (Lipinski definition) is 1. The molecule has 4 aromatic rings. The van der Waals surface area contributed by atoms with Crippen LogP contribution in [0.5, 0.6) is 0 Å². The zero-order valence-electron chi connectivity index (χ0n) is 21.2. The summed E-state index contributed by atoms with van der Waals surface area (Å²) >= 11 is 13.5. The SMILES string of the molecule is O=C(Nc1ccc(-c2csnn2)cc1)[C@H]1[C@@H](C(=O)[O-])C2(O[C@H]1c1ccc(Cl)c(Cl)c1)C(=O)c1ccccc1C2=O.[Na+]. The van der Waals surface area contributed by atoms with Gasteiger partial charge in [-0.2, -0.15) is 0 Å². The van der Waals surface area contributed by atoms with Gasteiger partial charge in [0.2, 0.25) is 23.1 Å². The molecule has 1 N–H and O–H groups in total. The van der Waals surface area contributed by atoms with Crippen LogP contribution in [0.3, 0.4) is 0 Å². The minimum absolute atomic E-state index is 0. The first-order chi connectivity index (χ1) is 19.2. The molecule has 1 aromatic heterocycles. The summed E-state index contributed by atoms with van der Waals surface area (Å²) in [4.78, 5) is 53.9. The molecule has 1 saturated heterocycles. The number of nitrogens with zero attached hydrogens (tertiary/aromatic N) is 2. The maximum Gasteiger partial charge on any atom is 1.00 e. The molecule has 1 spiro atoms. The van der Waals surface area contributed by atoms with Crippen molar-refractivity contribution in [3.8, 4) is 11.3 Å². The van der Waals surface area contributed by atoms with E-state index >= 15 is 0 Å². The quantitative estimate of drug-likeness (QED) is 0.259. The van der Waals surface area contributed by atoms with E-state index in [0.717, 1.165) is 5.56 Å². The third-order valence-electron chi connectivity index (χ3n) is 7.16. The van der Waals surface area contributed by atoms with E-state index in [1.807, 2.05) is 0 Å². The molecule has 0 bridgehead atoms. The number of anilines is 1. The van der Waals surface area contributed by atoms with Crippen LogP contribution in [0.1, 0.15) is 32.4 Å². The predicted octanol–water partition coefficient (Wildman–Crippen LogP) is 1.03. The molecule has 0 saturated carbocycles. The molecule has 2 heterocycles. The Labute approximate surface area is 269 Å². The Kier molecular flexibility index (Phi) is 8.19. The molecule has 0 radical (unpaired) electrons. The van der Waals surface area contributed by atoms with Gasteiger partial charge in [0.25, 0.3) is 0 Å². The number of amides is 1. The monoisotopic (exact) mass is 615 g/mol. The molecule has 3 atom stereocenters. The molecular weight excluding hydrogens is 600 g/mol. The fourth-order valence-electron chi connectivity index (χ4n) is 5.35. The van der Waals surface area contributed by atoms with Crippen LogP contribution in [0.2, 0.25) is 10.0 Å². The first-order valence-electron chi connectivity index (χ1n) is 11.9. The van der Waals surface area contributed by atoms with E-state index in [1.54, 1.807) is 41.8 Å². The maximum atomic E-state index is 13.8. The van der Waals surface area contributed by atoms with Crippen molar-refractivity contribution in [1.82, 2.24) is 9.59 Å². The van der Waals surface area contributed by atoms with Crippen LogP contribution in [0.15, 0.2) is 72.1 Å². The van der Waals surface area contributed by atoms with Crippen molar-refractivity contribution < 1.29 is 58.6 Å². The number of hydrogen-bond acceptors (Lipinski definition) is 9. The van der Waals surface area contributed by atoms with Gasteiger partial charge in [0.05, 0.1) is 28.0 Å². The van der Waals surface area contributed by atoms with E-state index in [-0.39, 0.29) is 56.3 Å². The number of Topliss-reactive ketones (excluding diaryl/α,β-unsaturated/α-hetero) is 2. The van der Waals surface area contributed by atoms with Crippen LogP contribution >= 0.6 is 34.7 Å². The summed E-state index contributed by atoms with van der Waals surface area (Å²) in [6, 6.07) is 17.0. The molecule has 1 aliphatic heterocycles. The Hall–Kier alpha value is -2.96. The number of carbonyl (C=O) groups excluding carboxylic acids is 4. The van der Waals surface area contributed by atoms with Gasteiger partial charge in [-0.05, 0) is 41.4 Å². The molecule has 200 valence electrons. The number of ketones is 2. The number of carboxylic acid groups (broad SMARTS) is 1. The number of aromatic nitrogens is 2. The molecule has 1 fully saturated rings. The van der Waals surface area contributed by atoms with Crippen LogP contribution in [-0.2, 0) is 14.3 Å². The van der Waals surface area contributed by atoms with Crippen LogP contribution in [-0.4, -0.2) is 38.6 Å². The van der Waals surface area contributed by atoms with Crippen molar-refractivity contribution in [2.45, 2.75) is 11.7 Å². The van der Waals surface area contributed by atoms with Gasteiger partial charge in [-0.15, -0.1) is 5.10 Å². The second-order valence-corrected chi connectivity index (χ2v) is 10.8. The van der Waals surface area contributed by atoms with Crippen molar-refractivity contribution in [3.05, 3.63) is 98.8 Å². The molecule has 2 aliphatic rings. The topological polar surface area (TPSA) is 138 Å². The summed E-state index contributed by atoms with van der Waals surface area (Å²) in [5.74, 6) is -7.75. The Morgan fingerprint density at radius 2 is 1.61 bits per heavy atom. The minimum atomic E-state index is -2.50. The van der Waals surface area contributed by atoms with Gasteiger partial charge < -0.3 is 20.0 Å². The molecule has 9 nitrogen and oxygen atoms in total. The normalized spacial score (nSPS) is 20.5. The molecule has 3 aromatic carbocycles. The molecule has 13 heteroatoms. The molecule has 1 amide bonds. The smallest absolute Gasteiger partial charge is 0.550 e. The number of nitrogens with one attached hydrogen (secondary N) is 1. The number of carboxylic acids is 1. The van der Waals surface area contributed by atoms with Gasteiger partial charge in [-0.1, -0.05) is 70.2 Å². The van der Waals surface area contributed by atoms with Gasteiger partial charge >= 0.3 is 29.6 Å². The number of carbonyl (C=O) groups is 4. The average molecular weight is 616 g/mol. The Balaban J connectivity index is 0.00000337. The van der Waals surface area contributed by atoms with Crippen molar-refractivity contribution in [1.29, 1.82) is 0 Å². The van der Waals surface area contributed by atoms with Crippen LogP contribution < -0.4 is 40.0 Å².